The van der Waals surface area contributed by atoms with Crippen LogP contribution in [0.1, 0.15) is 33.2 Å². The molecule has 0 bridgehead atoms. The number of H-pyrrole nitrogens is 1. The van der Waals surface area contributed by atoms with Crippen molar-refractivity contribution in [3.63, 3.8) is 0 Å². The summed E-state index contributed by atoms with van der Waals surface area (Å²) in [6, 6.07) is 10.4. The van der Waals surface area contributed by atoms with Gasteiger partial charge in [0.1, 0.15) is 10.7 Å². The van der Waals surface area contributed by atoms with Crippen molar-refractivity contribution < 1.29 is 14.4 Å². The fourth-order valence-electron chi connectivity index (χ4n) is 3.85. The predicted octanol–water partition coefficient (Wildman–Crippen LogP) is 3.08. The number of rotatable bonds is 3. The maximum absolute atomic E-state index is 13.0. The van der Waals surface area contributed by atoms with Crippen molar-refractivity contribution in [1.29, 1.82) is 0 Å². The smallest absolute Gasteiger partial charge is 0.295 e. The lowest BCUT2D eigenvalue weighted by molar-refractivity contribution is -0.130. The highest BCUT2D eigenvalue weighted by atomic mass is 35.5. The summed E-state index contributed by atoms with van der Waals surface area (Å²) in [6.07, 6.45) is 1.50. The molecule has 1 saturated heterocycles. The maximum Gasteiger partial charge on any atom is 0.295 e. The lowest BCUT2D eigenvalue weighted by atomic mass is 10.1. The average molecular weight is 425 g/mol. The van der Waals surface area contributed by atoms with Crippen LogP contribution in [0.3, 0.4) is 0 Å². The molecule has 1 unspecified atom stereocenters. The number of nitrogens with one attached hydrogen (secondary N) is 1. The summed E-state index contributed by atoms with van der Waals surface area (Å²) in [6.45, 7) is 4.72. The van der Waals surface area contributed by atoms with E-state index in [1.165, 1.54) is 11.1 Å². The summed E-state index contributed by atoms with van der Waals surface area (Å²) in [7, 11) is 0. The molecule has 7 nitrogen and oxygen atoms in total. The zero-order chi connectivity index (χ0) is 21.4. The van der Waals surface area contributed by atoms with Crippen molar-refractivity contribution in [3.8, 4) is 0 Å². The number of Topliss-reactive ketones (excluding diaryl/α,β-unsaturated/α-hetero) is 1. The van der Waals surface area contributed by atoms with Gasteiger partial charge in [0.2, 0.25) is 0 Å². The molecule has 0 spiro atoms. The number of nitrogens with zero attached hydrogens (tertiary/aromatic N) is 3. The third-order valence-electron chi connectivity index (χ3n) is 5.44. The second kappa shape index (κ2) is 7.91. The Kier molecular flexibility index (Phi) is 5.30. The molecule has 3 heterocycles. The average Bonchev–Trinajstić information content (AvgIpc) is 3.17. The molecule has 1 N–H and O–H groups in total. The van der Waals surface area contributed by atoms with Crippen LogP contribution in [-0.4, -0.2) is 63.0 Å². The standard InChI is InChI=1S/C22H21ClN4O3/c1-13-10-17(23)25-19-16(11-24-18(13)19)20(28)22(30)27-9-8-26(12-14(27)2)21(29)15-6-4-3-5-7-15/h3-7,10-11,14,24H,8-9,12H2,1-2H3. The van der Waals surface area contributed by atoms with Crippen LogP contribution in [0, 0.1) is 6.92 Å². The van der Waals surface area contributed by atoms with E-state index < -0.39 is 11.7 Å². The number of hydrogen-bond acceptors (Lipinski definition) is 4. The molecular weight excluding hydrogens is 404 g/mol. The Labute approximate surface area is 178 Å². The third-order valence-corrected chi connectivity index (χ3v) is 5.63. The van der Waals surface area contributed by atoms with E-state index in [0.717, 1.165) is 5.56 Å². The summed E-state index contributed by atoms with van der Waals surface area (Å²) < 4.78 is 0. The molecule has 1 aromatic carbocycles. The Balaban J connectivity index is 1.51. The topological polar surface area (TPSA) is 86.4 Å². The van der Waals surface area contributed by atoms with Crippen LogP contribution in [0.25, 0.3) is 11.0 Å². The lowest BCUT2D eigenvalue weighted by Crippen LogP contribution is -2.56. The molecule has 1 fully saturated rings. The van der Waals surface area contributed by atoms with Crippen molar-refractivity contribution in [3.05, 3.63) is 64.4 Å². The van der Waals surface area contributed by atoms with Gasteiger partial charge in [0.15, 0.2) is 0 Å². The molecule has 2 aromatic heterocycles. The van der Waals surface area contributed by atoms with E-state index in [1.54, 1.807) is 23.1 Å². The van der Waals surface area contributed by atoms with E-state index in [1.807, 2.05) is 32.0 Å². The molecule has 1 atom stereocenters. The fourth-order valence-corrected chi connectivity index (χ4v) is 4.10. The van der Waals surface area contributed by atoms with Crippen molar-refractivity contribution in [1.82, 2.24) is 19.8 Å². The van der Waals surface area contributed by atoms with Gasteiger partial charge in [0, 0.05) is 37.4 Å². The quantitative estimate of drug-likeness (QED) is 0.397. The number of aryl methyl sites for hydroxylation is 1. The number of halogens is 1. The number of aromatic nitrogens is 2. The number of benzene rings is 1. The van der Waals surface area contributed by atoms with Crippen LogP contribution in [0.2, 0.25) is 5.15 Å². The third kappa shape index (κ3) is 3.57. The first kappa shape index (κ1) is 20.1. The number of pyridine rings is 1. The molecular formula is C22H21ClN4O3. The second-order valence-corrected chi connectivity index (χ2v) is 7.87. The Morgan fingerprint density at radius 3 is 2.60 bits per heavy atom. The molecule has 1 aliphatic heterocycles. The summed E-state index contributed by atoms with van der Waals surface area (Å²) in [4.78, 5) is 49.1. The zero-order valence-corrected chi connectivity index (χ0v) is 17.4. The van der Waals surface area contributed by atoms with Crippen LogP contribution in [-0.2, 0) is 4.79 Å². The molecule has 154 valence electrons. The summed E-state index contributed by atoms with van der Waals surface area (Å²) in [5.74, 6) is -1.31. The fraction of sp³-hybridized carbons (Fsp3) is 0.273. The normalized spacial score (nSPS) is 16.7. The minimum absolute atomic E-state index is 0.0770. The van der Waals surface area contributed by atoms with Gasteiger partial charge in [-0.15, -0.1) is 0 Å². The number of fused-ring (bicyclic) bond motifs is 1. The van der Waals surface area contributed by atoms with E-state index in [9.17, 15) is 14.4 Å². The number of ketones is 1. The molecule has 8 heteroatoms. The van der Waals surface area contributed by atoms with E-state index >= 15 is 0 Å². The highest BCUT2D eigenvalue weighted by molar-refractivity contribution is 6.44. The van der Waals surface area contributed by atoms with Crippen molar-refractivity contribution in [2.45, 2.75) is 19.9 Å². The van der Waals surface area contributed by atoms with Gasteiger partial charge in [-0.05, 0) is 37.6 Å². The minimum Gasteiger partial charge on any atom is -0.359 e. The summed E-state index contributed by atoms with van der Waals surface area (Å²) in [5.41, 5.74) is 2.73. The Bertz CT molecular complexity index is 1140. The van der Waals surface area contributed by atoms with Gasteiger partial charge in [-0.1, -0.05) is 29.8 Å². The summed E-state index contributed by atoms with van der Waals surface area (Å²) in [5, 5.41) is 0.266. The Morgan fingerprint density at radius 2 is 1.90 bits per heavy atom. The van der Waals surface area contributed by atoms with Crippen molar-refractivity contribution in [2.24, 2.45) is 0 Å². The molecule has 2 amide bonds. The highest BCUT2D eigenvalue weighted by Crippen LogP contribution is 2.24. The van der Waals surface area contributed by atoms with Crippen LogP contribution in [0.5, 0.6) is 0 Å². The number of amides is 2. The van der Waals surface area contributed by atoms with Gasteiger partial charge >= 0.3 is 0 Å². The number of aromatic amines is 1. The monoisotopic (exact) mass is 424 g/mol. The molecule has 4 rings (SSSR count). The van der Waals surface area contributed by atoms with E-state index in [-0.39, 0.29) is 22.7 Å². The number of hydrogen-bond donors (Lipinski definition) is 1. The summed E-state index contributed by atoms with van der Waals surface area (Å²) >= 11 is 6.04. The predicted molar refractivity (Wildman–Crippen MR) is 114 cm³/mol. The second-order valence-electron chi connectivity index (χ2n) is 7.48. The minimum atomic E-state index is -0.634. The lowest BCUT2D eigenvalue weighted by Gasteiger charge is -2.39. The van der Waals surface area contributed by atoms with Gasteiger partial charge in [0.05, 0.1) is 11.1 Å². The first-order valence-corrected chi connectivity index (χ1v) is 10.1. The largest absolute Gasteiger partial charge is 0.359 e. The zero-order valence-electron chi connectivity index (χ0n) is 16.7. The van der Waals surface area contributed by atoms with E-state index in [2.05, 4.69) is 9.97 Å². The molecule has 0 aliphatic carbocycles. The number of carbonyl (C=O) groups excluding carboxylic acids is 3. The van der Waals surface area contributed by atoms with Gasteiger partial charge < -0.3 is 14.8 Å². The SMILES string of the molecule is Cc1cc(Cl)nc2c(C(=O)C(=O)N3CCN(C(=O)c4ccccc4)CC3C)c[nH]c12. The van der Waals surface area contributed by atoms with Crippen molar-refractivity contribution >= 4 is 40.2 Å². The van der Waals surface area contributed by atoms with Crippen molar-refractivity contribution in [2.75, 3.05) is 19.6 Å². The van der Waals surface area contributed by atoms with E-state index in [0.29, 0.717) is 36.2 Å². The molecule has 1 aliphatic rings. The van der Waals surface area contributed by atoms with Gasteiger partial charge in [-0.2, -0.15) is 0 Å². The van der Waals surface area contributed by atoms with Crippen LogP contribution in [0.15, 0.2) is 42.6 Å². The molecule has 0 radical (unpaired) electrons. The first-order valence-electron chi connectivity index (χ1n) is 9.70. The first-order chi connectivity index (χ1) is 14.4. The Morgan fingerprint density at radius 1 is 1.17 bits per heavy atom. The molecule has 0 saturated carbocycles. The molecule has 3 aromatic rings. The van der Waals surface area contributed by atoms with Gasteiger partial charge in [0.25, 0.3) is 17.6 Å². The number of carbonyl (C=O) groups is 3. The van der Waals surface area contributed by atoms with Gasteiger partial charge in [-0.25, -0.2) is 4.98 Å². The van der Waals surface area contributed by atoms with Crippen LogP contribution < -0.4 is 0 Å². The molecule has 30 heavy (non-hydrogen) atoms. The van der Waals surface area contributed by atoms with Gasteiger partial charge in [-0.3, -0.25) is 14.4 Å². The highest BCUT2D eigenvalue weighted by Gasteiger charge is 2.34. The maximum atomic E-state index is 13.0. The number of piperazine rings is 1. The van der Waals surface area contributed by atoms with E-state index in [4.69, 9.17) is 11.6 Å². The van der Waals surface area contributed by atoms with Crippen LogP contribution in [0.4, 0.5) is 0 Å². The van der Waals surface area contributed by atoms with Crippen LogP contribution >= 0.6 is 11.6 Å². The Hall–Kier alpha value is -3.19.